The minimum absolute atomic E-state index is 0.166. The molecule has 0 aliphatic carbocycles. The average molecular weight is 305 g/mol. The van der Waals surface area contributed by atoms with E-state index in [0.717, 1.165) is 10.9 Å². The quantitative estimate of drug-likeness (QED) is 0.902. The number of benzene rings is 2. The molecule has 1 atom stereocenters. The molecule has 0 radical (unpaired) electrons. The van der Waals surface area contributed by atoms with Crippen molar-refractivity contribution in [2.24, 2.45) is 0 Å². The first kappa shape index (κ1) is 13.3. The number of hydrogen-bond donors (Lipinski definition) is 1. The summed E-state index contributed by atoms with van der Waals surface area (Å²) in [4.78, 5) is 0. The van der Waals surface area contributed by atoms with Crippen LogP contribution in [-0.2, 0) is 6.42 Å². The Morgan fingerprint density at radius 3 is 2.33 bits per heavy atom. The minimum atomic E-state index is 0.166. The Morgan fingerprint density at radius 1 is 1.06 bits per heavy atom. The lowest BCUT2D eigenvalue weighted by atomic mass is 9.91. The van der Waals surface area contributed by atoms with Crippen LogP contribution in [0.2, 0.25) is 0 Å². The summed E-state index contributed by atoms with van der Waals surface area (Å²) >= 11 is 3.43. The van der Waals surface area contributed by atoms with Crippen LogP contribution in [-0.4, -0.2) is 11.7 Å². The van der Waals surface area contributed by atoms with Crippen LogP contribution in [0.3, 0.4) is 0 Å². The number of aliphatic hydroxyl groups excluding tert-OH is 1. The first-order valence-electron chi connectivity index (χ1n) is 6.11. The van der Waals surface area contributed by atoms with Gasteiger partial charge in [-0.3, -0.25) is 0 Å². The Morgan fingerprint density at radius 2 is 1.72 bits per heavy atom. The van der Waals surface area contributed by atoms with Crippen molar-refractivity contribution in [3.05, 3.63) is 69.7 Å². The fraction of sp³-hybridized carbons (Fsp3) is 0.250. The number of hydrogen-bond acceptors (Lipinski definition) is 1. The maximum Gasteiger partial charge on any atom is 0.0502 e. The molecule has 0 aromatic heterocycles. The van der Waals surface area contributed by atoms with E-state index in [0.29, 0.717) is 0 Å². The van der Waals surface area contributed by atoms with Gasteiger partial charge in [0.25, 0.3) is 0 Å². The second-order valence-corrected chi connectivity index (χ2v) is 5.48. The van der Waals surface area contributed by atoms with E-state index in [2.05, 4.69) is 53.2 Å². The van der Waals surface area contributed by atoms with Crippen molar-refractivity contribution in [1.82, 2.24) is 0 Å². The zero-order valence-corrected chi connectivity index (χ0v) is 12.0. The van der Waals surface area contributed by atoms with E-state index in [9.17, 15) is 5.11 Å². The zero-order chi connectivity index (χ0) is 13.0. The molecule has 1 nitrogen and oxygen atoms in total. The van der Waals surface area contributed by atoms with Crippen LogP contribution in [0.5, 0.6) is 0 Å². The summed E-state index contributed by atoms with van der Waals surface area (Å²) in [6.07, 6.45) is 0.880. The molecule has 0 heterocycles. The van der Waals surface area contributed by atoms with E-state index in [4.69, 9.17) is 0 Å². The Kier molecular flexibility index (Phi) is 4.56. The van der Waals surface area contributed by atoms with Gasteiger partial charge in [-0.2, -0.15) is 0 Å². The number of rotatable bonds is 4. The second kappa shape index (κ2) is 6.17. The molecular formula is C16H17BrO. The molecule has 94 valence electrons. The van der Waals surface area contributed by atoms with Crippen molar-refractivity contribution >= 4 is 15.9 Å². The normalized spacial score (nSPS) is 12.4. The molecule has 18 heavy (non-hydrogen) atoms. The highest BCUT2D eigenvalue weighted by Gasteiger charge is 2.12. The van der Waals surface area contributed by atoms with Crippen molar-refractivity contribution in [2.45, 2.75) is 19.3 Å². The maximum absolute atomic E-state index is 9.59. The van der Waals surface area contributed by atoms with E-state index in [-0.39, 0.29) is 12.5 Å². The molecule has 0 fully saturated rings. The van der Waals surface area contributed by atoms with Crippen LogP contribution >= 0.6 is 15.9 Å². The number of halogens is 1. The Balaban J connectivity index is 2.20. The lowest BCUT2D eigenvalue weighted by Gasteiger charge is -2.16. The third-order valence-electron chi connectivity index (χ3n) is 3.29. The van der Waals surface area contributed by atoms with E-state index < -0.39 is 0 Å². The van der Waals surface area contributed by atoms with Gasteiger partial charge in [0.05, 0.1) is 6.61 Å². The maximum atomic E-state index is 9.59. The molecule has 2 rings (SSSR count). The standard InChI is InChI=1S/C16H17BrO/c1-12-4-2-3-5-14(12)10-15(11-18)13-6-8-16(17)9-7-13/h2-9,15,18H,10-11H2,1H3. The fourth-order valence-electron chi connectivity index (χ4n) is 2.13. The molecule has 0 spiro atoms. The predicted octanol–water partition coefficient (Wildman–Crippen LogP) is 4.08. The van der Waals surface area contributed by atoms with Gasteiger partial charge in [-0.25, -0.2) is 0 Å². The van der Waals surface area contributed by atoms with Crippen LogP contribution < -0.4 is 0 Å². The molecule has 2 aromatic carbocycles. The van der Waals surface area contributed by atoms with E-state index in [1.54, 1.807) is 0 Å². The molecule has 0 saturated carbocycles. The summed E-state index contributed by atoms with van der Waals surface area (Å²) in [5.74, 6) is 0.166. The van der Waals surface area contributed by atoms with Gasteiger partial charge in [-0.1, -0.05) is 52.3 Å². The number of aryl methyl sites for hydroxylation is 1. The lowest BCUT2D eigenvalue weighted by molar-refractivity contribution is 0.264. The third kappa shape index (κ3) is 3.21. The van der Waals surface area contributed by atoms with Crippen molar-refractivity contribution in [1.29, 1.82) is 0 Å². The van der Waals surface area contributed by atoms with Crippen LogP contribution in [0.4, 0.5) is 0 Å². The summed E-state index contributed by atoms with van der Waals surface area (Å²) in [6.45, 7) is 2.29. The molecule has 1 N–H and O–H groups in total. The van der Waals surface area contributed by atoms with Crippen LogP contribution in [0.25, 0.3) is 0 Å². The molecule has 0 aliphatic heterocycles. The SMILES string of the molecule is Cc1ccccc1CC(CO)c1ccc(Br)cc1. The molecule has 2 aromatic rings. The second-order valence-electron chi connectivity index (χ2n) is 4.56. The van der Waals surface area contributed by atoms with Gasteiger partial charge in [0.15, 0.2) is 0 Å². The molecule has 0 aliphatic rings. The molecule has 2 heteroatoms. The predicted molar refractivity (Wildman–Crippen MR) is 78.9 cm³/mol. The van der Waals surface area contributed by atoms with Gasteiger partial charge < -0.3 is 5.11 Å². The molecule has 0 bridgehead atoms. The van der Waals surface area contributed by atoms with Crippen molar-refractivity contribution in [3.8, 4) is 0 Å². The van der Waals surface area contributed by atoms with E-state index >= 15 is 0 Å². The van der Waals surface area contributed by atoms with Crippen LogP contribution in [0.1, 0.15) is 22.6 Å². The smallest absolute Gasteiger partial charge is 0.0502 e. The minimum Gasteiger partial charge on any atom is -0.396 e. The summed E-state index contributed by atoms with van der Waals surface area (Å²) < 4.78 is 1.07. The van der Waals surface area contributed by atoms with Crippen molar-refractivity contribution < 1.29 is 5.11 Å². The van der Waals surface area contributed by atoms with Gasteiger partial charge in [0.1, 0.15) is 0 Å². The van der Waals surface area contributed by atoms with Crippen LogP contribution in [0, 0.1) is 6.92 Å². The fourth-order valence-corrected chi connectivity index (χ4v) is 2.39. The summed E-state index contributed by atoms with van der Waals surface area (Å²) in [5, 5.41) is 9.59. The highest BCUT2D eigenvalue weighted by molar-refractivity contribution is 9.10. The lowest BCUT2D eigenvalue weighted by Crippen LogP contribution is -2.08. The van der Waals surface area contributed by atoms with Crippen LogP contribution in [0.15, 0.2) is 53.0 Å². The first-order valence-corrected chi connectivity index (χ1v) is 6.91. The Hall–Kier alpha value is -1.12. The van der Waals surface area contributed by atoms with Gasteiger partial charge in [0.2, 0.25) is 0 Å². The molecule has 1 unspecified atom stereocenters. The average Bonchev–Trinajstić information content (AvgIpc) is 2.39. The van der Waals surface area contributed by atoms with Gasteiger partial charge in [-0.05, 0) is 42.2 Å². The molecule has 0 saturated heterocycles. The third-order valence-corrected chi connectivity index (χ3v) is 3.82. The molecule has 0 amide bonds. The molecular weight excluding hydrogens is 288 g/mol. The topological polar surface area (TPSA) is 20.2 Å². The van der Waals surface area contributed by atoms with Crippen molar-refractivity contribution in [2.75, 3.05) is 6.61 Å². The summed E-state index contributed by atoms with van der Waals surface area (Å²) in [5.41, 5.74) is 3.77. The number of aliphatic hydroxyl groups is 1. The van der Waals surface area contributed by atoms with Gasteiger partial charge >= 0.3 is 0 Å². The first-order chi connectivity index (χ1) is 8.70. The highest BCUT2D eigenvalue weighted by Crippen LogP contribution is 2.23. The largest absolute Gasteiger partial charge is 0.396 e. The van der Waals surface area contributed by atoms with Gasteiger partial charge in [0, 0.05) is 10.4 Å². The Bertz CT molecular complexity index is 505. The Labute approximate surface area is 117 Å². The zero-order valence-electron chi connectivity index (χ0n) is 10.4. The summed E-state index contributed by atoms with van der Waals surface area (Å²) in [6, 6.07) is 16.5. The van der Waals surface area contributed by atoms with E-state index in [1.165, 1.54) is 16.7 Å². The van der Waals surface area contributed by atoms with Gasteiger partial charge in [-0.15, -0.1) is 0 Å². The van der Waals surface area contributed by atoms with E-state index in [1.807, 2.05) is 18.2 Å². The monoisotopic (exact) mass is 304 g/mol. The van der Waals surface area contributed by atoms with Crippen molar-refractivity contribution in [3.63, 3.8) is 0 Å². The summed E-state index contributed by atoms with van der Waals surface area (Å²) in [7, 11) is 0. The highest BCUT2D eigenvalue weighted by atomic mass is 79.9.